The molecule has 2 rings (SSSR count). The third-order valence-electron chi connectivity index (χ3n) is 3.20. The van der Waals surface area contributed by atoms with E-state index in [1.165, 1.54) is 24.3 Å². The van der Waals surface area contributed by atoms with Crippen molar-refractivity contribution in [2.24, 2.45) is 0 Å². The van der Waals surface area contributed by atoms with Crippen molar-refractivity contribution in [1.82, 2.24) is 5.32 Å². The minimum atomic E-state index is -1.07. The highest BCUT2D eigenvalue weighted by Gasteiger charge is 2.22. The Morgan fingerprint density at radius 2 is 1.91 bits per heavy atom. The molecule has 1 unspecified atom stereocenters. The Labute approximate surface area is 126 Å². The molecule has 1 atom stereocenters. The second-order valence-electron chi connectivity index (χ2n) is 5.04. The second kappa shape index (κ2) is 6.43. The van der Waals surface area contributed by atoms with Crippen LogP contribution in [0.1, 0.15) is 39.9 Å². The minimum Gasteiger partial charge on any atom is -0.481 e. The normalized spacial score (nSPS) is 12.0. The van der Waals surface area contributed by atoms with E-state index in [1.807, 2.05) is 0 Å². The molecule has 0 fully saturated rings. The molecule has 2 N–H and O–H groups in total. The number of carboxylic acids is 1. The summed E-state index contributed by atoms with van der Waals surface area (Å²) in [6, 6.07) is 6.29. The molecule has 0 radical (unpaired) electrons. The maximum absolute atomic E-state index is 13.0. The van der Waals surface area contributed by atoms with Gasteiger partial charge in [-0.3, -0.25) is 9.59 Å². The van der Waals surface area contributed by atoms with E-state index in [-0.39, 0.29) is 12.2 Å². The highest BCUT2D eigenvalue weighted by molar-refractivity contribution is 5.93. The van der Waals surface area contributed by atoms with Crippen LogP contribution >= 0.6 is 0 Å². The van der Waals surface area contributed by atoms with Gasteiger partial charge in [0.1, 0.15) is 11.6 Å². The van der Waals surface area contributed by atoms with Gasteiger partial charge in [0.2, 0.25) is 0 Å². The molecule has 1 amide bonds. The van der Waals surface area contributed by atoms with Crippen molar-refractivity contribution in [2.75, 3.05) is 0 Å². The number of halogens is 1. The number of furan rings is 1. The molecule has 0 aliphatic carbocycles. The maximum Gasteiger partial charge on any atom is 0.305 e. The Hall–Kier alpha value is -2.63. The standard InChI is InChI=1S/C16H16FNO4/c1-9-7-10(2)22-15(9)16(21)18-13(8-14(19)20)11-3-5-12(17)6-4-11/h3-7,13H,8H2,1-2H3,(H,18,21)(H,19,20). The Bertz CT molecular complexity index is 691. The van der Waals surface area contributed by atoms with Crippen LogP contribution in [0.15, 0.2) is 34.7 Å². The van der Waals surface area contributed by atoms with Crippen LogP contribution in [-0.4, -0.2) is 17.0 Å². The zero-order valence-corrected chi connectivity index (χ0v) is 12.2. The molecule has 1 heterocycles. The van der Waals surface area contributed by atoms with Crippen LogP contribution in [0.4, 0.5) is 4.39 Å². The van der Waals surface area contributed by atoms with Gasteiger partial charge in [-0.1, -0.05) is 12.1 Å². The van der Waals surface area contributed by atoms with Crippen molar-refractivity contribution in [3.05, 3.63) is 58.8 Å². The predicted octanol–water partition coefficient (Wildman–Crippen LogP) is 2.98. The van der Waals surface area contributed by atoms with Crippen LogP contribution in [0.3, 0.4) is 0 Å². The Balaban J connectivity index is 2.23. The molecule has 2 aromatic rings. The summed E-state index contributed by atoms with van der Waals surface area (Å²) < 4.78 is 18.3. The maximum atomic E-state index is 13.0. The first-order chi connectivity index (χ1) is 10.4. The van der Waals surface area contributed by atoms with Crippen molar-refractivity contribution >= 4 is 11.9 Å². The molecule has 5 nitrogen and oxygen atoms in total. The summed E-state index contributed by atoms with van der Waals surface area (Å²) in [6.07, 6.45) is -0.309. The van der Waals surface area contributed by atoms with Gasteiger partial charge in [0, 0.05) is 5.56 Å². The lowest BCUT2D eigenvalue weighted by atomic mass is 10.0. The fourth-order valence-electron chi connectivity index (χ4n) is 2.21. The first-order valence-corrected chi connectivity index (χ1v) is 6.72. The number of hydrogen-bond acceptors (Lipinski definition) is 3. The van der Waals surface area contributed by atoms with Gasteiger partial charge < -0.3 is 14.8 Å². The van der Waals surface area contributed by atoms with E-state index in [4.69, 9.17) is 9.52 Å². The van der Waals surface area contributed by atoms with Crippen LogP contribution in [0.2, 0.25) is 0 Å². The van der Waals surface area contributed by atoms with Crippen molar-refractivity contribution in [3.8, 4) is 0 Å². The summed E-state index contributed by atoms with van der Waals surface area (Å²) in [5, 5.41) is 11.6. The molecule has 116 valence electrons. The van der Waals surface area contributed by atoms with Crippen LogP contribution in [0.5, 0.6) is 0 Å². The zero-order chi connectivity index (χ0) is 16.3. The molecule has 0 saturated heterocycles. The van der Waals surface area contributed by atoms with Crippen molar-refractivity contribution in [1.29, 1.82) is 0 Å². The first-order valence-electron chi connectivity index (χ1n) is 6.72. The highest BCUT2D eigenvalue weighted by atomic mass is 19.1. The number of benzene rings is 1. The van der Waals surface area contributed by atoms with Gasteiger partial charge in [-0.15, -0.1) is 0 Å². The smallest absolute Gasteiger partial charge is 0.305 e. The number of amides is 1. The lowest BCUT2D eigenvalue weighted by Gasteiger charge is -2.17. The summed E-state index contributed by atoms with van der Waals surface area (Å²) in [4.78, 5) is 23.2. The number of carbonyl (C=O) groups excluding carboxylic acids is 1. The van der Waals surface area contributed by atoms with E-state index in [1.54, 1.807) is 19.9 Å². The number of hydrogen-bond donors (Lipinski definition) is 2. The number of carboxylic acid groups (broad SMARTS) is 1. The average molecular weight is 305 g/mol. The summed E-state index contributed by atoms with van der Waals surface area (Å²) in [5.74, 6) is -1.25. The van der Waals surface area contributed by atoms with Crippen molar-refractivity contribution in [2.45, 2.75) is 26.3 Å². The van der Waals surface area contributed by atoms with Gasteiger partial charge >= 0.3 is 5.97 Å². The van der Waals surface area contributed by atoms with Gasteiger partial charge in [-0.05, 0) is 37.6 Å². The minimum absolute atomic E-state index is 0.148. The molecule has 1 aromatic carbocycles. The Morgan fingerprint density at radius 1 is 1.27 bits per heavy atom. The summed E-state index contributed by atoms with van der Waals surface area (Å²) in [7, 11) is 0. The molecule has 0 aliphatic heterocycles. The number of carbonyl (C=O) groups is 2. The Morgan fingerprint density at radius 3 is 2.41 bits per heavy atom. The van der Waals surface area contributed by atoms with Crippen molar-refractivity contribution in [3.63, 3.8) is 0 Å². The van der Waals surface area contributed by atoms with Crippen LogP contribution < -0.4 is 5.32 Å². The van der Waals surface area contributed by atoms with Crippen LogP contribution in [-0.2, 0) is 4.79 Å². The lowest BCUT2D eigenvalue weighted by molar-refractivity contribution is -0.137. The molecule has 0 aliphatic rings. The number of nitrogens with one attached hydrogen (secondary N) is 1. The molecule has 0 spiro atoms. The number of aryl methyl sites for hydroxylation is 2. The molecule has 0 saturated carbocycles. The highest BCUT2D eigenvalue weighted by Crippen LogP contribution is 2.20. The van der Waals surface area contributed by atoms with Gasteiger partial charge in [-0.25, -0.2) is 4.39 Å². The Kier molecular flexibility index (Phi) is 4.60. The van der Waals surface area contributed by atoms with Gasteiger partial charge in [-0.2, -0.15) is 0 Å². The van der Waals surface area contributed by atoms with E-state index >= 15 is 0 Å². The van der Waals surface area contributed by atoms with E-state index in [9.17, 15) is 14.0 Å². The van der Waals surface area contributed by atoms with Gasteiger partial charge in [0.05, 0.1) is 12.5 Å². The fourth-order valence-corrected chi connectivity index (χ4v) is 2.21. The molecule has 0 bridgehead atoms. The second-order valence-corrected chi connectivity index (χ2v) is 5.04. The van der Waals surface area contributed by atoms with Crippen molar-refractivity contribution < 1.29 is 23.5 Å². The largest absolute Gasteiger partial charge is 0.481 e. The molecule has 1 aromatic heterocycles. The SMILES string of the molecule is Cc1cc(C)c(C(=O)NC(CC(=O)O)c2ccc(F)cc2)o1. The van der Waals surface area contributed by atoms with E-state index in [2.05, 4.69) is 5.32 Å². The van der Waals surface area contributed by atoms with Gasteiger partial charge in [0.15, 0.2) is 5.76 Å². The topological polar surface area (TPSA) is 79.5 Å². The molecular weight excluding hydrogens is 289 g/mol. The molecule has 22 heavy (non-hydrogen) atoms. The van der Waals surface area contributed by atoms with E-state index in [0.29, 0.717) is 16.9 Å². The monoisotopic (exact) mass is 305 g/mol. The summed E-state index contributed by atoms with van der Waals surface area (Å²) >= 11 is 0. The number of aliphatic carboxylic acids is 1. The fraction of sp³-hybridized carbons (Fsp3) is 0.250. The number of rotatable bonds is 5. The van der Waals surface area contributed by atoms with Crippen LogP contribution in [0, 0.1) is 19.7 Å². The average Bonchev–Trinajstić information content (AvgIpc) is 2.77. The summed E-state index contributed by atoms with van der Waals surface area (Å²) in [6.45, 7) is 3.45. The van der Waals surface area contributed by atoms with E-state index < -0.39 is 23.7 Å². The predicted molar refractivity (Wildman–Crippen MR) is 77.0 cm³/mol. The third-order valence-corrected chi connectivity index (χ3v) is 3.20. The van der Waals surface area contributed by atoms with Gasteiger partial charge in [0.25, 0.3) is 5.91 Å². The van der Waals surface area contributed by atoms with Crippen LogP contribution in [0.25, 0.3) is 0 Å². The molecule has 6 heteroatoms. The summed E-state index contributed by atoms with van der Waals surface area (Å²) in [5.41, 5.74) is 1.18. The first kappa shape index (κ1) is 15.8. The lowest BCUT2D eigenvalue weighted by Crippen LogP contribution is -2.30. The quantitative estimate of drug-likeness (QED) is 0.890. The van der Waals surface area contributed by atoms with E-state index in [0.717, 1.165) is 0 Å². The third kappa shape index (κ3) is 3.72. The zero-order valence-electron chi connectivity index (χ0n) is 12.2. The molecular formula is C16H16FNO4.